The van der Waals surface area contributed by atoms with Crippen molar-refractivity contribution >= 4 is 28.8 Å². The van der Waals surface area contributed by atoms with Crippen molar-refractivity contribution in [1.29, 1.82) is 0 Å². The Morgan fingerprint density at radius 3 is 2.55 bits per heavy atom. The fourth-order valence-corrected chi connectivity index (χ4v) is 4.71. The van der Waals surface area contributed by atoms with Crippen LogP contribution in [0.15, 0.2) is 72.3 Å². The van der Waals surface area contributed by atoms with E-state index in [4.69, 9.17) is 9.47 Å². The zero-order chi connectivity index (χ0) is 27.2. The van der Waals surface area contributed by atoms with Gasteiger partial charge in [0.05, 0.1) is 36.5 Å². The maximum atomic E-state index is 13.5. The number of alkyl halides is 3. The van der Waals surface area contributed by atoms with Crippen LogP contribution in [0.3, 0.4) is 0 Å². The number of ketones is 1. The molecule has 3 aromatic carbocycles. The van der Waals surface area contributed by atoms with Crippen molar-refractivity contribution in [1.82, 2.24) is 0 Å². The Morgan fingerprint density at radius 2 is 1.82 bits per heavy atom. The first-order chi connectivity index (χ1) is 18.1. The number of aliphatic hydroxyl groups excluding tert-OH is 1. The van der Waals surface area contributed by atoms with Crippen LogP contribution >= 0.6 is 0 Å². The van der Waals surface area contributed by atoms with E-state index < -0.39 is 35.2 Å². The number of nitrogens with zero attached hydrogens (tertiary/aromatic N) is 2. The van der Waals surface area contributed by atoms with Crippen molar-refractivity contribution in [2.24, 2.45) is 0 Å². The van der Waals surface area contributed by atoms with Gasteiger partial charge in [-0.2, -0.15) is 13.2 Å². The number of amides is 1. The molecule has 1 atom stereocenters. The molecule has 0 aromatic heterocycles. The number of hydrogen-bond acceptors (Lipinski definition) is 6. The second-order valence-electron chi connectivity index (χ2n) is 8.95. The number of methoxy groups -OCH3 is 1. The monoisotopic (exact) mass is 524 g/mol. The number of halogens is 3. The number of carbonyl (C=O) groups excluding carboxylic acids is 2. The fraction of sp³-hybridized carbons (Fsp3) is 0.214. The van der Waals surface area contributed by atoms with Crippen LogP contribution in [0, 0.1) is 0 Å². The van der Waals surface area contributed by atoms with Gasteiger partial charge < -0.3 is 19.5 Å². The molecule has 1 unspecified atom stereocenters. The molecule has 2 aliphatic rings. The topological polar surface area (TPSA) is 79.3 Å². The minimum Gasteiger partial charge on any atom is -0.507 e. The van der Waals surface area contributed by atoms with Gasteiger partial charge >= 0.3 is 6.18 Å². The van der Waals surface area contributed by atoms with Crippen LogP contribution < -0.4 is 19.3 Å². The normalized spacial score (nSPS) is 18.8. The molecule has 0 aliphatic carbocycles. The Hall–Kier alpha value is -4.47. The summed E-state index contributed by atoms with van der Waals surface area (Å²) in [4.78, 5) is 29.6. The van der Waals surface area contributed by atoms with Crippen molar-refractivity contribution in [3.63, 3.8) is 0 Å². The van der Waals surface area contributed by atoms with Gasteiger partial charge in [-0.15, -0.1) is 0 Å². The minimum atomic E-state index is -4.66. The Bertz CT molecular complexity index is 1470. The van der Waals surface area contributed by atoms with Crippen molar-refractivity contribution < 1.29 is 37.3 Å². The van der Waals surface area contributed by atoms with E-state index >= 15 is 0 Å². The van der Waals surface area contributed by atoms with Crippen LogP contribution in [-0.4, -0.2) is 44.1 Å². The molecule has 10 heteroatoms. The third kappa shape index (κ3) is 4.31. The van der Waals surface area contributed by atoms with E-state index in [1.165, 1.54) is 19.2 Å². The van der Waals surface area contributed by atoms with Gasteiger partial charge in [0.25, 0.3) is 11.7 Å². The van der Waals surface area contributed by atoms with Gasteiger partial charge in [0.2, 0.25) is 0 Å². The Labute approximate surface area is 216 Å². The number of aliphatic hydroxyl groups is 1. The van der Waals surface area contributed by atoms with Gasteiger partial charge in [-0.25, -0.2) is 0 Å². The van der Waals surface area contributed by atoms with Gasteiger partial charge in [0, 0.05) is 18.3 Å². The number of benzene rings is 3. The summed E-state index contributed by atoms with van der Waals surface area (Å²) in [5, 5.41) is 11.4. The summed E-state index contributed by atoms with van der Waals surface area (Å²) in [5.74, 6) is -1.52. The van der Waals surface area contributed by atoms with Gasteiger partial charge in [0.15, 0.2) is 0 Å². The van der Waals surface area contributed by atoms with Crippen molar-refractivity contribution in [3.05, 3.63) is 89.0 Å². The summed E-state index contributed by atoms with van der Waals surface area (Å²) < 4.78 is 51.4. The molecule has 38 heavy (non-hydrogen) atoms. The zero-order valence-corrected chi connectivity index (χ0v) is 20.5. The molecule has 0 spiro atoms. The molecular formula is C28H23F3N2O5. The highest BCUT2D eigenvalue weighted by Gasteiger charge is 2.47. The van der Waals surface area contributed by atoms with Crippen molar-refractivity contribution in [2.75, 3.05) is 37.1 Å². The predicted octanol–water partition coefficient (Wildman–Crippen LogP) is 5.17. The van der Waals surface area contributed by atoms with Gasteiger partial charge in [-0.3, -0.25) is 14.5 Å². The maximum absolute atomic E-state index is 13.5. The number of fused-ring (bicyclic) bond motifs is 1. The minimum absolute atomic E-state index is 0.132. The highest BCUT2D eigenvalue weighted by molar-refractivity contribution is 6.51. The summed E-state index contributed by atoms with van der Waals surface area (Å²) in [6, 6.07) is 14.3. The third-order valence-electron chi connectivity index (χ3n) is 6.63. The first-order valence-corrected chi connectivity index (χ1v) is 11.7. The Morgan fingerprint density at radius 1 is 1.05 bits per heavy atom. The lowest BCUT2D eigenvalue weighted by molar-refractivity contribution is -0.137. The first kappa shape index (κ1) is 25.2. The second kappa shape index (κ2) is 9.44. The smallest absolute Gasteiger partial charge is 0.416 e. The van der Waals surface area contributed by atoms with Crippen molar-refractivity contribution in [2.45, 2.75) is 12.2 Å². The molecule has 0 saturated carbocycles. The molecule has 0 radical (unpaired) electrons. The standard InChI is InChI=1S/C28H23F3N2O5/c1-32-11-12-38-22-10-9-17(14-21(22)32)25(34)23-24(16-5-3-8-20(13-16)37-2)33(27(36)26(23)35)19-7-4-6-18(15-19)28(29,30)31/h3-10,13-15,24,34H,11-12H2,1-2H3/b25-23-. The van der Waals surface area contributed by atoms with E-state index in [-0.39, 0.29) is 16.8 Å². The number of carbonyl (C=O) groups is 2. The molecule has 2 aliphatic heterocycles. The van der Waals surface area contributed by atoms with Gasteiger partial charge in [-0.1, -0.05) is 18.2 Å². The van der Waals surface area contributed by atoms with E-state index in [0.717, 1.165) is 17.0 Å². The fourth-order valence-electron chi connectivity index (χ4n) is 4.71. The predicted molar refractivity (Wildman–Crippen MR) is 134 cm³/mol. The second-order valence-corrected chi connectivity index (χ2v) is 8.95. The molecule has 1 N–H and O–H groups in total. The SMILES string of the molecule is COc1cccc(C2/C(=C(/O)c3ccc4c(c3)N(C)CCO4)C(=O)C(=O)N2c2cccc(C(F)(F)F)c2)c1. The maximum Gasteiger partial charge on any atom is 0.416 e. The summed E-state index contributed by atoms with van der Waals surface area (Å²) >= 11 is 0. The Balaban J connectivity index is 1.71. The number of anilines is 2. The first-order valence-electron chi connectivity index (χ1n) is 11.7. The van der Waals surface area contributed by atoms with E-state index in [9.17, 15) is 27.9 Å². The van der Waals surface area contributed by atoms with E-state index in [0.29, 0.717) is 35.9 Å². The molecule has 7 nitrogen and oxygen atoms in total. The van der Waals surface area contributed by atoms with Crippen molar-refractivity contribution in [3.8, 4) is 11.5 Å². The average molecular weight is 524 g/mol. The highest BCUT2D eigenvalue weighted by Crippen LogP contribution is 2.44. The molecule has 3 aromatic rings. The van der Waals surface area contributed by atoms with Gasteiger partial charge in [-0.05, 0) is 54.1 Å². The number of Topliss-reactive ketones (excluding diaryl/α,β-unsaturated/α-hetero) is 1. The molecule has 0 bridgehead atoms. The van der Waals surface area contributed by atoms with E-state index in [2.05, 4.69) is 0 Å². The number of likely N-dealkylation sites (N-methyl/N-ethyl adjacent to an activating group) is 1. The molecule has 2 heterocycles. The molecular weight excluding hydrogens is 501 g/mol. The average Bonchev–Trinajstić information content (AvgIpc) is 3.18. The largest absolute Gasteiger partial charge is 0.507 e. The van der Waals surface area contributed by atoms with E-state index in [1.807, 2.05) is 11.9 Å². The quantitative estimate of drug-likeness (QED) is 0.288. The lowest BCUT2D eigenvalue weighted by atomic mass is 9.94. The third-order valence-corrected chi connectivity index (χ3v) is 6.63. The molecule has 196 valence electrons. The summed E-state index contributed by atoms with van der Waals surface area (Å²) in [6.45, 7) is 1.10. The molecule has 1 saturated heterocycles. The van der Waals surface area contributed by atoms with Crippen LogP contribution in [0.2, 0.25) is 0 Å². The summed E-state index contributed by atoms with van der Waals surface area (Å²) in [6.07, 6.45) is -4.66. The molecule has 1 amide bonds. The summed E-state index contributed by atoms with van der Waals surface area (Å²) in [5.41, 5.74) is -0.0336. The van der Waals surface area contributed by atoms with Crippen LogP contribution in [0.4, 0.5) is 24.5 Å². The molecule has 5 rings (SSSR count). The summed E-state index contributed by atoms with van der Waals surface area (Å²) in [7, 11) is 3.29. The van der Waals surface area contributed by atoms with Gasteiger partial charge in [0.1, 0.15) is 23.9 Å². The lowest BCUT2D eigenvalue weighted by Crippen LogP contribution is -2.29. The highest BCUT2D eigenvalue weighted by atomic mass is 19.4. The number of ether oxygens (including phenoxy) is 2. The number of hydrogen-bond donors (Lipinski definition) is 1. The van der Waals surface area contributed by atoms with Crippen LogP contribution in [0.1, 0.15) is 22.7 Å². The zero-order valence-electron chi connectivity index (χ0n) is 20.5. The Kier molecular flexibility index (Phi) is 6.26. The van der Waals surface area contributed by atoms with E-state index in [1.54, 1.807) is 42.5 Å². The van der Waals surface area contributed by atoms with Crippen LogP contribution in [-0.2, 0) is 15.8 Å². The van der Waals surface area contributed by atoms with Crippen LogP contribution in [0.25, 0.3) is 5.76 Å². The number of rotatable bonds is 4. The van der Waals surface area contributed by atoms with Crippen LogP contribution in [0.5, 0.6) is 11.5 Å². The lowest BCUT2D eigenvalue weighted by Gasteiger charge is -2.28. The molecule has 1 fully saturated rings.